The van der Waals surface area contributed by atoms with Gasteiger partial charge >= 0.3 is 5.97 Å². The summed E-state index contributed by atoms with van der Waals surface area (Å²) in [5.74, 6) is 0.0433. The number of benzene rings is 2. The van der Waals surface area contributed by atoms with Crippen LogP contribution in [0.25, 0.3) is 0 Å². The number of rotatable bonds is 7. The van der Waals surface area contributed by atoms with Crippen LogP contribution in [-0.2, 0) is 4.74 Å². The molecule has 0 aromatic heterocycles. The summed E-state index contributed by atoms with van der Waals surface area (Å²) in [5.41, 5.74) is 0.703. The number of Topliss-reactive ketones (excluding diaryl/α,β-unsaturated/α-hetero) is 1. The normalized spacial score (nSPS) is 11.5. The maximum Gasteiger partial charge on any atom is 0.338 e. The predicted molar refractivity (Wildman–Crippen MR) is 94.8 cm³/mol. The van der Waals surface area contributed by atoms with Crippen molar-refractivity contribution in [2.45, 2.75) is 20.0 Å². The maximum absolute atomic E-state index is 12.3. The van der Waals surface area contributed by atoms with Crippen molar-refractivity contribution in [2.75, 3.05) is 13.7 Å². The van der Waals surface area contributed by atoms with Gasteiger partial charge in [0.1, 0.15) is 0 Å². The second-order valence-corrected chi connectivity index (χ2v) is 5.65. The molecule has 5 nitrogen and oxygen atoms in total. The zero-order valence-electron chi connectivity index (χ0n) is 14.2. The molecule has 0 N–H and O–H groups in total. The van der Waals surface area contributed by atoms with E-state index in [2.05, 4.69) is 0 Å². The fraction of sp³-hybridized carbons (Fsp3) is 0.263. The van der Waals surface area contributed by atoms with Crippen LogP contribution in [0.1, 0.15) is 34.6 Å². The van der Waals surface area contributed by atoms with E-state index in [4.69, 9.17) is 25.8 Å². The van der Waals surface area contributed by atoms with E-state index in [1.165, 1.54) is 20.1 Å². The summed E-state index contributed by atoms with van der Waals surface area (Å²) in [6.07, 6.45) is -0.925. The molecule has 2 rings (SSSR count). The van der Waals surface area contributed by atoms with Gasteiger partial charge in [0.05, 0.1) is 19.3 Å². The van der Waals surface area contributed by atoms with Gasteiger partial charge in [-0.1, -0.05) is 11.6 Å². The Hall–Kier alpha value is -2.53. The zero-order chi connectivity index (χ0) is 18.4. The Morgan fingerprint density at radius 3 is 2.28 bits per heavy atom. The second-order valence-electron chi connectivity index (χ2n) is 5.22. The zero-order valence-corrected chi connectivity index (χ0v) is 15.0. The molecule has 0 radical (unpaired) electrons. The number of esters is 1. The molecule has 25 heavy (non-hydrogen) atoms. The molecule has 0 fully saturated rings. The first-order valence-corrected chi connectivity index (χ1v) is 8.15. The summed E-state index contributed by atoms with van der Waals surface area (Å²) in [7, 11) is 1.52. The Labute approximate surface area is 151 Å². The van der Waals surface area contributed by atoms with Gasteiger partial charge < -0.3 is 14.2 Å². The standard InChI is InChI=1S/C19H19ClO5/c1-4-24-17-11-14(7-10-16(17)23-3)19(22)25-12(2)18(21)13-5-8-15(20)9-6-13/h5-12H,4H2,1-3H3. The number of ether oxygens (including phenoxy) is 3. The topological polar surface area (TPSA) is 61.8 Å². The number of carbonyl (C=O) groups is 2. The fourth-order valence-corrected chi connectivity index (χ4v) is 2.33. The van der Waals surface area contributed by atoms with Gasteiger partial charge in [0.15, 0.2) is 17.6 Å². The highest BCUT2D eigenvalue weighted by atomic mass is 35.5. The van der Waals surface area contributed by atoms with Crippen molar-refractivity contribution in [3.63, 3.8) is 0 Å². The molecule has 0 aliphatic heterocycles. The SMILES string of the molecule is CCOc1cc(C(=O)OC(C)C(=O)c2ccc(Cl)cc2)ccc1OC. The summed E-state index contributed by atoms with van der Waals surface area (Å²) < 4.78 is 15.9. The van der Waals surface area contributed by atoms with Crippen molar-refractivity contribution >= 4 is 23.4 Å². The van der Waals surface area contributed by atoms with Crippen molar-refractivity contribution in [3.8, 4) is 11.5 Å². The predicted octanol–water partition coefficient (Wildman–Crippen LogP) is 4.18. The van der Waals surface area contributed by atoms with Crippen LogP contribution < -0.4 is 9.47 Å². The third-order valence-electron chi connectivity index (χ3n) is 3.48. The molecule has 0 saturated carbocycles. The summed E-state index contributed by atoms with van der Waals surface area (Å²) in [6.45, 7) is 3.79. The molecule has 0 aliphatic rings. The van der Waals surface area contributed by atoms with Crippen molar-refractivity contribution in [1.82, 2.24) is 0 Å². The summed E-state index contributed by atoms with van der Waals surface area (Å²) in [6, 6.07) is 11.1. The lowest BCUT2D eigenvalue weighted by Gasteiger charge is -2.14. The largest absolute Gasteiger partial charge is 0.493 e. The average molecular weight is 363 g/mol. The second kappa shape index (κ2) is 8.53. The van der Waals surface area contributed by atoms with Crippen molar-refractivity contribution < 1.29 is 23.8 Å². The smallest absolute Gasteiger partial charge is 0.338 e. The Morgan fingerprint density at radius 2 is 1.68 bits per heavy atom. The van der Waals surface area contributed by atoms with Crippen LogP contribution in [0.15, 0.2) is 42.5 Å². The van der Waals surface area contributed by atoms with Crippen LogP contribution in [0.4, 0.5) is 0 Å². The monoisotopic (exact) mass is 362 g/mol. The van der Waals surface area contributed by atoms with Crippen LogP contribution in [0, 0.1) is 0 Å². The van der Waals surface area contributed by atoms with E-state index in [-0.39, 0.29) is 11.3 Å². The Morgan fingerprint density at radius 1 is 1.04 bits per heavy atom. The molecule has 2 aromatic rings. The number of halogens is 1. The van der Waals surface area contributed by atoms with E-state index >= 15 is 0 Å². The van der Waals surface area contributed by atoms with Crippen LogP contribution in [0.3, 0.4) is 0 Å². The van der Waals surface area contributed by atoms with E-state index in [0.29, 0.717) is 28.7 Å². The Kier molecular flexibility index (Phi) is 6.42. The lowest BCUT2D eigenvalue weighted by Crippen LogP contribution is -2.24. The van der Waals surface area contributed by atoms with Crippen molar-refractivity contribution in [3.05, 3.63) is 58.6 Å². The van der Waals surface area contributed by atoms with Gasteiger partial charge in [0.25, 0.3) is 0 Å². The summed E-state index contributed by atoms with van der Waals surface area (Å²) in [4.78, 5) is 24.6. The molecule has 0 heterocycles. The lowest BCUT2D eigenvalue weighted by atomic mass is 10.1. The average Bonchev–Trinajstić information content (AvgIpc) is 2.61. The molecule has 0 aliphatic carbocycles. The molecule has 2 aromatic carbocycles. The molecule has 1 unspecified atom stereocenters. The maximum atomic E-state index is 12.3. The molecule has 0 saturated heterocycles. The summed E-state index contributed by atoms with van der Waals surface area (Å²) >= 11 is 5.81. The Balaban J connectivity index is 2.11. The van der Waals surface area contributed by atoms with Crippen LogP contribution in [0.2, 0.25) is 5.02 Å². The summed E-state index contributed by atoms with van der Waals surface area (Å²) in [5, 5.41) is 0.530. The van der Waals surface area contributed by atoms with Crippen LogP contribution in [-0.4, -0.2) is 31.6 Å². The van der Waals surface area contributed by atoms with Crippen molar-refractivity contribution in [1.29, 1.82) is 0 Å². The highest BCUT2D eigenvalue weighted by Crippen LogP contribution is 2.28. The first kappa shape index (κ1) is 18.8. The first-order chi connectivity index (χ1) is 12.0. The number of methoxy groups -OCH3 is 1. The van der Waals surface area contributed by atoms with E-state index in [9.17, 15) is 9.59 Å². The fourth-order valence-electron chi connectivity index (χ4n) is 2.20. The minimum absolute atomic E-state index is 0.278. The van der Waals surface area contributed by atoms with E-state index < -0.39 is 12.1 Å². The highest BCUT2D eigenvalue weighted by molar-refractivity contribution is 6.30. The molecule has 6 heteroatoms. The molecule has 0 spiro atoms. The van der Waals surface area contributed by atoms with Gasteiger partial charge in [-0.2, -0.15) is 0 Å². The van der Waals surface area contributed by atoms with Crippen LogP contribution >= 0.6 is 11.6 Å². The van der Waals surface area contributed by atoms with Gasteiger partial charge in [-0.05, 0) is 56.3 Å². The van der Waals surface area contributed by atoms with Gasteiger partial charge in [0.2, 0.25) is 5.78 Å². The third-order valence-corrected chi connectivity index (χ3v) is 3.73. The number of hydrogen-bond acceptors (Lipinski definition) is 5. The molecule has 1 atom stereocenters. The first-order valence-electron chi connectivity index (χ1n) is 7.77. The molecule has 132 valence electrons. The van der Waals surface area contributed by atoms with Crippen LogP contribution in [0.5, 0.6) is 11.5 Å². The number of carbonyl (C=O) groups excluding carboxylic acids is 2. The Bertz CT molecular complexity index is 755. The van der Waals surface area contributed by atoms with Gasteiger partial charge in [0, 0.05) is 10.6 Å². The van der Waals surface area contributed by atoms with Gasteiger partial charge in [-0.3, -0.25) is 4.79 Å². The number of ketones is 1. The molecular weight excluding hydrogens is 344 g/mol. The molecular formula is C19H19ClO5. The quantitative estimate of drug-likeness (QED) is 0.546. The molecule has 0 amide bonds. The minimum Gasteiger partial charge on any atom is -0.493 e. The molecule has 0 bridgehead atoms. The number of hydrogen-bond donors (Lipinski definition) is 0. The van der Waals surface area contributed by atoms with E-state index in [1.807, 2.05) is 6.92 Å². The lowest BCUT2D eigenvalue weighted by molar-refractivity contribution is 0.0318. The van der Waals surface area contributed by atoms with Gasteiger partial charge in [-0.25, -0.2) is 4.79 Å². The van der Waals surface area contributed by atoms with Gasteiger partial charge in [-0.15, -0.1) is 0 Å². The third kappa shape index (κ3) is 4.73. The minimum atomic E-state index is -0.925. The van der Waals surface area contributed by atoms with E-state index in [1.54, 1.807) is 36.4 Å². The van der Waals surface area contributed by atoms with Crippen molar-refractivity contribution in [2.24, 2.45) is 0 Å². The van der Waals surface area contributed by atoms with E-state index in [0.717, 1.165) is 0 Å². The highest BCUT2D eigenvalue weighted by Gasteiger charge is 2.21.